The Labute approximate surface area is 167 Å². The van der Waals surface area contributed by atoms with Gasteiger partial charge in [-0.3, -0.25) is 4.79 Å². The van der Waals surface area contributed by atoms with E-state index in [-0.39, 0.29) is 24.7 Å². The van der Waals surface area contributed by atoms with Crippen molar-refractivity contribution in [2.45, 2.75) is 51.9 Å². The first-order valence-corrected chi connectivity index (χ1v) is 10.3. The smallest absolute Gasteiger partial charge is 0.275 e. The first kappa shape index (κ1) is 20.7. The fourth-order valence-electron chi connectivity index (χ4n) is 2.93. The van der Waals surface area contributed by atoms with Crippen LogP contribution < -0.4 is 14.8 Å². The van der Waals surface area contributed by atoms with Crippen molar-refractivity contribution in [3.05, 3.63) is 12.1 Å². The number of rotatable bonds is 10. The summed E-state index contributed by atoms with van der Waals surface area (Å²) in [5.41, 5.74) is 0.712. The van der Waals surface area contributed by atoms with Gasteiger partial charge < -0.3 is 19.5 Å². The number of nitrogens with one attached hydrogen (secondary N) is 1. The SMILES string of the molecule is CC(=O)N[C@@H](C)CO[C@H]1C[C@H](COc2ccc3nc(OC[C@@H](C)F)sc3n2)C1. The Morgan fingerprint density at radius 2 is 2.07 bits per heavy atom. The van der Waals surface area contributed by atoms with E-state index in [9.17, 15) is 9.18 Å². The largest absolute Gasteiger partial charge is 0.477 e. The zero-order chi connectivity index (χ0) is 20.1. The van der Waals surface area contributed by atoms with Crippen LogP contribution in [0.15, 0.2) is 12.1 Å². The van der Waals surface area contributed by atoms with Crippen LogP contribution in [0.2, 0.25) is 0 Å². The summed E-state index contributed by atoms with van der Waals surface area (Å²) in [6, 6.07) is 3.63. The van der Waals surface area contributed by atoms with Gasteiger partial charge in [-0.25, -0.2) is 14.4 Å². The van der Waals surface area contributed by atoms with E-state index < -0.39 is 6.17 Å². The molecule has 2 heterocycles. The molecule has 7 nitrogen and oxygen atoms in total. The highest BCUT2D eigenvalue weighted by atomic mass is 32.1. The topological polar surface area (TPSA) is 82.6 Å². The molecular formula is C19H26FN3O4S. The molecule has 1 N–H and O–H groups in total. The summed E-state index contributed by atoms with van der Waals surface area (Å²) in [6.07, 6.45) is 1.06. The van der Waals surface area contributed by atoms with Crippen LogP contribution in [-0.2, 0) is 9.53 Å². The van der Waals surface area contributed by atoms with Crippen LogP contribution in [0, 0.1) is 5.92 Å². The van der Waals surface area contributed by atoms with E-state index in [0.29, 0.717) is 40.6 Å². The van der Waals surface area contributed by atoms with Crippen molar-refractivity contribution in [1.29, 1.82) is 0 Å². The number of halogens is 1. The molecule has 2 aromatic rings. The Balaban J connectivity index is 1.39. The second-order valence-electron chi connectivity index (χ2n) is 7.25. The number of carbonyl (C=O) groups is 1. The Hall–Kier alpha value is -2.00. The lowest BCUT2D eigenvalue weighted by Crippen LogP contribution is -2.40. The van der Waals surface area contributed by atoms with Crippen LogP contribution in [0.25, 0.3) is 10.3 Å². The van der Waals surface area contributed by atoms with Crippen molar-refractivity contribution < 1.29 is 23.4 Å². The summed E-state index contributed by atoms with van der Waals surface area (Å²) in [5.74, 6) is 0.937. The van der Waals surface area contributed by atoms with E-state index in [4.69, 9.17) is 14.2 Å². The predicted octanol–water partition coefficient (Wildman–Crippen LogP) is 3.13. The minimum Gasteiger partial charge on any atom is -0.477 e. The third-order valence-corrected chi connectivity index (χ3v) is 5.22. The molecule has 0 radical (unpaired) electrons. The minimum absolute atomic E-state index is 0.0162. The fourth-order valence-corrected chi connectivity index (χ4v) is 3.72. The number of hydrogen-bond acceptors (Lipinski definition) is 7. The van der Waals surface area contributed by atoms with Crippen molar-refractivity contribution in [3.63, 3.8) is 0 Å². The number of ether oxygens (including phenoxy) is 3. The number of carbonyl (C=O) groups excluding carboxylic acids is 1. The highest BCUT2D eigenvalue weighted by Gasteiger charge is 2.30. The quantitative estimate of drug-likeness (QED) is 0.647. The maximum atomic E-state index is 12.9. The molecular weight excluding hydrogens is 385 g/mol. The molecule has 9 heteroatoms. The third-order valence-electron chi connectivity index (χ3n) is 4.34. The Morgan fingerprint density at radius 1 is 1.29 bits per heavy atom. The number of hydrogen-bond donors (Lipinski definition) is 1. The predicted molar refractivity (Wildman–Crippen MR) is 105 cm³/mol. The van der Waals surface area contributed by atoms with Gasteiger partial charge in [0.05, 0.1) is 19.3 Å². The normalized spacial score (nSPS) is 21.0. The summed E-state index contributed by atoms with van der Waals surface area (Å²) >= 11 is 1.28. The van der Waals surface area contributed by atoms with E-state index in [1.54, 1.807) is 6.07 Å². The van der Waals surface area contributed by atoms with Gasteiger partial charge in [-0.2, -0.15) is 0 Å². The average Bonchev–Trinajstić information content (AvgIpc) is 2.99. The van der Waals surface area contributed by atoms with E-state index in [2.05, 4.69) is 15.3 Å². The molecule has 0 saturated heterocycles. The van der Waals surface area contributed by atoms with Crippen molar-refractivity contribution in [2.75, 3.05) is 19.8 Å². The van der Waals surface area contributed by atoms with Crippen LogP contribution in [0.5, 0.6) is 11.1 Å². The number of fused-ring (bicyclic) bond motifs is 1. The molecule has 0 unspecified atom stereocenters. The van der Waals surface area contributed by atoms with E-state index in [1.165, 1.54) is 25.2 Å². The van der Waals surface area contributed by atoms with Gasteiger partial charge in [-0.15, -0.1) is 0 Å². The van der Waals surface area contributed by atoms with Gasteiger partial charge in [0.15, 0.2) is 4.83 Å². The highest BCUT2D eigenvalue weighted by molar-refractivity contribution is 7.19. The molecule has 0 bridgehead atoms. The van der Waals surface area contributed by atoms with Gasteiger partial charge in [0, 0.05) is 19.0 Å². The molecule has 1 saturated carbocycles. The summed E-state index contributed by atoms with van der Waals surface area (Å²) in [7, 11) is 0. The molecule has 28 heavy (non-hydrogen) atoms. The van der Waals surface area contributed by atoms with E-state index >= 15 is 0 Å². The van der Waals surface area contributed by atoms with Gasteiger partial charge in [0.2, 0.25) is 11.8 Å². The molecule has 1 amide bonds. The fraction of sp³-hybridized carbons (Fsp3) is 0.632. The lowest BCUT2D eigenvalue weighted by Gasteiger charge is -2.35. The third kappa shape index (κ3) is 6.00. The maximum absolute atomic E-state index is 12.9. The van der Waals surface area contributed by atoms with Crippen molar-refractivity contribution >= 4 is 27.6 Å². The lowest BCUT2D eigenvalue weighted by molar-refractivity contribution is -0.120. The first-order valence-electron chi connectivity index (χ1n) is 9.45. The molecule has 1 fully saturated rings. The number of alkyl halides is 1. The number of thiazole rings is 1. The molecule has 0 spiro atoms. The van der Waals surface area contributed by atoms with Crippen molar-refractivity contribution in [2.24, 2.45) is 5.92 Å². The van der Waals surface area contributed by atoms with Crippen LogP contribution in [-0.4, -0.2) is 54.0 Å². The first-order chi connectivity index (χ1) is 13.4. The Kier molecular flexibility index (Phi) is 7.01. The molecule has 154 valence electrons. The van der Waals surface area contributed by atoms with Crippen molar-refractivity contribution in [3.8, 4) is 11.1 Å². The molecule has 1 aliphatic carbocycles. The second-order valence-corrected chi connectivity index (χ2v) is 8.19. The van der Waals surface area contributed by atoms with Gasteiger partial charge in [-0.05, 0) is 38.7 Å². The number of nitrogens with zero attached hydrogens (tertiary/aromatic N) is 2. The highest BCUT2D eigenvalue weighted by Crippen LogP contribution is 2.32. The van der Waals surface area contributed by atoms with Gasteiger partial charge in [0.25, 0.3) is 5.19 Å². The van der Waals surface area contributed by atoms with Gasteiger partial charge >= 0.3 is 0 Å². The van der Waals surface area contributed by atoms with Crippen LogP contribution >= 0.6 is 11.3 Å². The number of amides is 1. The second kappa shape index (κ2) is 9.47. The van der Waals surface area contributed by atoms with Crippen LogP contribution in [0.3, 0.4) is 0 Å². The molecule has 3 rings (SSSR count). The summed E-state index contributed by atoms with van der Waals surface area (Å²) in [5, 5.41) is 3.22. The zero-order valence-electron chi connectivity index (χ0n) is 16.3. The Bertz CT molecular complexity index is 795. The molecule has 2 aromatic heterocycles. The number of pyridine rings is 1. The minimum atomic E-state index is -1.04. The van der Waals surface area contributed by atoms with E-state index in [0.717, 1.165) is 12.8 Å². The van der Waals surface area contributed by atoms with Gasteiger partial charge in [-0.1, -0.05) is 11.3 Å². The van der Waals surface area contributed by atoms with Gasteiger partial charge in [0.1, 0.15) is 18.3 Å². The number of aromatic nitrogens is 2. The average molecular weight is 411 g/mol. The molecule has 2 atom stereocenters. The summed E-state index contributed by atoms with van der Waals surface area (Å²) in [4.78, 5) is 20.4. The summed E-state index contributed by atoms with van der Waals surface area (Å²) in [6.45, 7) is 5.96. The summed E-state index contributed by atoms with van der Waals surface area (Å²) < 4.78 is 29.8. The molecule has 0 aliphatic heterocycles. The zero-order valence-corrected chi connectivity index (χ0v) is 17.1. The van der Waals surface area contributed by atoms with Crippen LogP contribution in [0.4, 0.5) is 4.39 Å². The molecule has 1 aliphatic rings. The monoisotopic (exact) mass is 411 g/mol. The standard InChI is InChI=1S/C19H26FN3O4S/c1-11(20)8-27-19-22-16-4-5-17(23-18(16)28-19)26-10-14-6-15(7-14)25-9-12(2)21-13(3)24/h4-5,11-12,14-15H,6-10H2,1-3H3,(H,21,24)/t11-,12+,14-,15-/m1/s1. The Morgan fingerprint density at radius 3 is 2.79 bits per heavy atom. The maximum Gasteiger partial charge on any atom is 0.275 e. The van der Waals surface area contributed by atoms with E-state index in [1.807, 2.05) is 13.0 Å². The van der Waals surface area contributed by atoms with Crippen molar-refractivity contribution in [1.82, 2.24) is 15.3 Å². The lowest BCUT2D eigenvalue weighted by atomic mass is 9.83. The van der Waals surface area contributed by atoms with Crippen LogP contribution in [0.1, 0.15) is 33.6 Å². The molecule has 0 aromatic carbocycles.